The third kappa shape index (κ3) is 5.77. The van der Waals surface area contributed by atoms with Crippen LogP contribution in [0.2, 0.25) is 0 Å². The van der Waals surface area contributed by atoms with Crippen molar-refractivity contribution in [3.8, 4) is 17.2 Å². The monoisotopic (exact) mass is 466 g/mol. The van der Waals surface area contributed by atoms with Crippen molar-refractivity contribution in [2.75, 3.05) is 32.7 Å². The van der Waals surface area contributed by atoms with E-state index in [4.69, 9.17) is 18.9 Å². The topological polar surface area (TPSA) is 69.3 Å². The summed E-state index contributed by atoms with van der Waals surface area (Å²) in [5, 5.41) is 2.91. The fraction of sp³-hybridized carbons (Fsp3) is 0.269. The average Bonchev–Trinajstić information content (AvgIpc) is 3.06. The number of benzene rings is 3. The molecule has 3 aromatic rings. The summed E-state index contributed by atoms with van der Waals surface area (Å²) in [4.78, 5) is 14.7. The maximum Gasteiger partial charge on any atom is 0.322 e. The minimum atomic E-state index is -0.283. The molecule has 0 radical (unpaired) electrons. The zero-order valence-electron chi connectivity index (χ0n) is 19.2. The van der Waals surface area contributed by atoms with Gasteiger partial charge in [-0.3, -0.25) is 0 Å². The van der Waals surface area contributed by atoms with Gasteiger partial charge in [0.25, 0.3) is 0 Å². The Morgan fingerprint density at radius 2 is 1.85 bits per heavy atom. The summed E-state index contributed by atoms with van der Waals surface area (Å²) in [6, 6.07) is 17.1. The highest BCUT2D eigenvalue weighted by Crippen LogP contribution is 2.30. The Labute approximate surface area is 198 Å². The molecule has 1 heterocycles. The number of hydrogen-bond donors (Lipinski definition) is 1. The van der Waals surface area contributed by atoms with Crippen LogP contribution >= 0.6 is 0 Å². The number of halogens is 1. The molecule has 0 atom stereocenters. The fourth-order valence-electron chi connectivity index (χ4n) is 3.72. The third-order valence-corrected chi connectivity index (χ3v) is 5.47. The van der Waals surface area contributed by atoms with Crippen molar-refractivity contribution in [3.05, 3.63) is 83.2 Å². The molecule has 4 rings (SSSR count). The number of methoxy groups -OCH3 is 2. The van der Waals surface area contributed by atoms with E-state index >= 15 is 0 Å². The second-order valence-electron chi connectivity index (χ2n) is 7.83. The van der Waals surface area contributed by atoms with Crippen LogP contribution in [0.3, 0.4) is 0 Å². The lowest BCUT2D eigenvalue weighted by molar-refractivity contribution is 0.107. The van der Waals surface area contributed by atoms with E-state index in [2.05, 4.69) is 5.32 Å². The lowest BCUT2D eigenvalue weighted by Crippen LogP contribution is -2.36. The van der Waals surface area contributed by atoms with E-state index in [1.54, 1.807) is 43.4 Å². The van der Waals surface area contributed by atoms with Gasteiger partial charge in [0, 0.05) is 11.6 Å². The van der Waals surface area contributed by atoms with Crippen molar-refractivity contribution in [3.63, 3.8) is 0 Å². The molecule has 0 aromatic heterocycles. The van der Waals surface area contributed by atoms with Crippen molar-refractivity contribution in [2.45, 2.75) is 19.8 Å². The summed E-state index contributed by atoms with van der Waals surface area (Å²) in [6.45, 7) is 1.87. The minimum absolute atomic E-state index is 0.257. The van der Waals surface area contributed by atoms with Crippen molar-refractivity contribution in [2.24, 2.45) is 0 Å². The minimum Gasteiger partial charge on any atom is -0.497 e. The van der Waals surface area contributed by atoms with E-state index < -0.39 is 0 Å². The van der Waals surface area contributed by atoms with Gasteiger partial charge in [0.2, 0.25) is 0 Å². The van der Waals surface area contributed by atoms with Crippen molar-refractivity contribution < 1.29 is 28.1 Å². The molecule has 3 aromatic carbocycles. The summed E-state index contributed by atoms with van der Waals surface area (Å²) in [6.07, 6.45) is 0. The molecule has 0 spiro atoms. The van der Waals surface area contributed by atoms with Crippen LogP contribution < -0.4 is 19.5 Å². The zero-order chi connectivity index (χ0) is 23.9. The molecule has 0 fully saturated rings. The Morgan fingerprint density at radius 1 is 1.03 bits per heavy atom. The van der Waals surface area contributed by atoms with Crippen molar-refractivity contribution in [1.29, 1.82) is 0 Å². The van der Waals surface area contributed by atoms with Gasteiger partial charge in [0.05, 0.1) is 46.2 Å². The number of hydrogen-bond acceptors (Lipinski definition) is 5. The summed E-state index contributed by atoms with van der Waals surface area (Å²) >= 11 is 0. The number of fused-ring (bicyclic) bond motifs is 1. The first-order valence-corrected chi connectivity index (χ1v) is 10.9. The number of carbonyl (C=O) groups is 1. The molecular formula is C26H27FN2O5. The molecule has 1 aliphatic heterocycles. The van der Waals surface area contributed by atoms with Crippen LogP contribution in [0.25, 0.3) is 0 Å². The Bertz CT molecular complexity index is 1150. The lowest BCUT2D eigenvalue weighted by Gasteiger charge is -2.21. The van der Waals surface area contributed by atoms with Crippen LogP contribution in [-0.2, 0) is 24.5 Å². The van der Waals surface area contributed by atoms with Gasteiger partial charge in [0.15, 0.2) is 0 Å². The summed E-state index contributed by atoms with van der Waals surface area (Å²) in [7, 11) is 3.11. The molecule has 0 unspecified atom stereocenters. The molecule has 1 aliphatic rings. The summed E-state index contributed by atoms with van der Waals surface area (Å²) < 4.78 is 35.5. The van der Waals surface area contributed by atoms with Crippen LogP contribution in [0, 0.1) is 5.82 Å². The number of nitrogens with zero attached hydrogens (tertiary/aromatic N) is 1. The average molecular weight is 467 g/mol. The molecule has 0 aliphatic carbocycles. The summed E-state index contributed by atoms with van der Waals surface area (Å²) in [5.74, 6) is 1.61. The number of amides is 2. The molecule has 2 amide bonds. The van der Waals surface area contributed by atoms with Gasteiger partial charge in [-0.05, 0) is 47.5 Å². The molecule has 1 N–H and O–H groups in total. The highest BCUT2D eigenvalue weighted by atomic mass is 19.1. The number of ether oxygens (including phenoxy) is 4. The first kappa shape index (κ1) is 23.4. The van der Waals surface area contributed by atoms with Crippen molar-refractivity contribution >= 4 is 11.7 Å². The highest BCUT2D eigenvalue weighted by molar-refractivity contribution is 5.91. The predicted octanol–water partition coefficient (Wildman–Crippen LogP) is 4.99. The van der Waals surface area contributed by atoms with Gasteiger partial charge < -0.3 is 29.2 Å². The standard InChI is InChI=1S/C26H27FN2O5/c1-31-22-7-8-23(25(14-22)32-2)28-26(30)29-10-11-34-24-9-6-19(12-20(24)15-29)17-33-16-18-4-3-5-21(27)13-18/h3-9,12-14H,10-11,15-17H2,1-2H3,(H,28,30). The van der Waals surface area contributed by atoms with E-state index in [1.807, 2.05) is 24.3 Å². The number of rotatable bonds is 7. The second kappa shape index (κ2) is 10.9. The fourth-order valence-corrected chi connectivity index (χ4v) is 3.72. The molecule has 0 bridgehead atoms. The smallest absolute Gasteiger partial charge is 0.322 e. The Morgan fingerprint density at radius 3 is 2.62 bits per heavy atom. The van der Waals surface area contributed by atoms with Crippen LogP contribution in [0.1, 0.15) is 16.7 Å². The Kier molecular flexibility index (Phi) is 7.49. The number of anilines is 1. The zero-order valence-corrected chi connectivity index (χ0v) is 19.2. The molecule has 7 nitrogen and oxygen atoms in total. The number of nitrogens with one attached hydrogen (secondary N) is 1. The predicted molar refractivity (Wildman–Crippen MR) is 126 cm³/mol. The molecule has 8 heteroatoms. The van der Waals surface area contributed by atoms with Gasteiger partial charge in [0.1, 0.15) is 29.7 Å². The normalized spacial score (nSPS) is 12.9. The molecule has 0 saturated carbocycles. The highest BCUT2D eigenvalue weighted by Gasteiger charge is 2.21. The molecule has 178 valence electrons. The van der Waals surface area contributed by atoms with Crippen LogP contribution in [0.5, 0.6) is 17.2 Å². The Balaban J connectivity index is 1.41. The first-order valence-electron chi connectivity index (χ1n) is 10.9. The van der Waals surface area contributed by atoms with Crippen molar-refractivity contribution in [1.82, 2.24) is 4.90 Å². The van der Waals surface area contributed by atoms with E-state index in [0.717, 1.165) is 22.4 Å². The third-order valence-electron chi connectivity index (χ3n) is 5.47. The van der Waals surface area contributed by atoms with Gasteiger partial charge in [-0.25, -0.2) is 9.18 Å². The van der Waals surface area contributed by atoms with Gasteiger partial charge >= 0.3 is 6.03 Å². The SMILES string of the molecule is COc1ccc(NC(=O)N2CCOc3ccc(COCc4cccc(F)c4)cc3C2)c(OC)c1. The maximum absolute atomic E-state index is 13.3. The maximum atomic E-state index is 13.3. The van der Waals surface area contributed by atoms with Gasteiger partial charge in [-0.2, -0.15) is 0 Å². The van der Waals surface area contributed by atoms with E-state index in [-0.39, 0.29) is 11.8 Å². The largest absolute Gasteiger partial charge is 0.497 e. The number of carbonyl (C=O) groups excluding carboxylic acids is 1. The van der Waals surface area contributed by atoms with Gasteiger partial charge in [-0.1, -0.05) is 18.2 Å². The lowest BCUT2D eigenvalue weighted by atomic mass is 10.1. The Hall–Kier alpha value is -3.78. The van der Waals surface area contributed by atoms with E-state index in [0.29, 0.717) is 50.1 Å². The van der Waals surface area contributed by atoms with Crippen LogP contribution in [0.15, 0.2) is 60.7 Å². The second-order valence-corrected chi connectivity index (χ2v) is 7.83. The quantitative estimate of drug-likeness (QED) is 0.532. The van der Waals surface area contributed by atoms with E-state index in [9.17, 15) is 9.18 Å². The van der Waals surface area contributed by atoms with E-state index in [1.165, 1.54) is 12.1 Å². The van der Waals surface area contributed by atoms with Crippen LogP contribution in [-0.4, -0.2) is 38.3 Å². The molecular weight excluding hydrogens is 439 g/mol. The molecule has 0 saturated heterocycles. The molecule has 34 heavy (non-hydrogen) atoms. The summed E-state index contributed by atoms with van der Waals surface area (Å²) in [5.41, 5.74) is 3.16. The van der Waals surface area contributed by atoms with Crippen LogP contribution in [0.4, 0.5) is 14.9 Å². The number of urea groups is 1. The van der Waals surface area contributed by atoms with Gasteiger partial charge in [-0.15, -0.1) is 0 Å². The first-order chi connectivity index (χ1) is 16.6.